The van der Waals surface area contributed by atoms with Gasteiger partial charge < -0.3 is 13.7 Å². The normalized spacial score (nSPS) is 11.9. The predicted octanol–water partition coefficient (Wildman–Crippen LogP) is 18.6. The maximum absolute atomic E-state index is 7.02. The second-order valence-corrected chi connectivity index (χ2v) is 17.6. The molecule has 0 aliphatic rings. The molecule has 14 aromatic rings. The molecule has 3 heteroatoms. The summed E-state index contributed by atoms with van der Waals surface area (Å²) in [5.41, 5.74) is 13.4. The maximum atomic E-state index is 7.02. The Labute approximate surface area is 386 Å². The minimum Gasteiger partial charge on any atom is -0.455 e. The van der Waals surface area contributed by atoms with Gasteiger partial charge in [0.15, 0.2) is 0 Å². The van der Waals surface area contributed by atoms with Crippen molar-refractivity contribution in [1.29, 1.82) is 0 Å². The van der Waals surface area contributed by atoms with E-state index in [1.165, 1.54) is 48.8 Å². The van der Waals surface area contributed by atoms with E-state index in [0.717, 1.165) is 88.6 Å². The van der Waals surface area contributed by atoms with Gasteiger partial charge in [0.25, 0.3) is 0 Å². The molecule has 0 saturated carbocycles. The van der Waals surface area contributed by atoms with Crippen molar-refractivity contribution in [2.24, 2.45) is 0 Å². The van der Waals surface area contributed by atoms with Crippen LogP contribution < -0.4 is 4.90 Å². The predicted molar refractivity (Wildman–Crippen MR) is 282 cm³/mol. The second-order valence-electron chi connectivity index (χ2n) is 17.6. The van der Waals surface area contributed by atoms with Gasteiger partial charge in [-0.05, 0) is 126 Å². The van der Waals surface area contributed by atoms with Crippen molar-refractivity contribution in [2.75, 3.05) is 4.90 Å². The smallest absolute Gasteiger partial charge is 0.143 e. The molecule has 0 aliphatic heterocycles. The molecule has 2 heterocycles. The fourth-order valence-corrected chi connectivity index (χ4v) is 10.7. The van der Waals surface area contributed by atoms with E-state index in [1.54, 1.807) is 0 Å². The summed E-state index contributed by atoms with van der Waals surface area (Å²) >= 11 is 0. The van der Waals surface area contributed by atoms with Gasteiger partial charge in [-0.2, -0.15) is 0 Å². The molecule has 0 bridgehead atoms. The molecule has 0 aliphatic carbocycles. The summed E-state index contributed by atoms with van der Waals surface area (Å²) < 4.78 is 13.5. The Balaban J connectivity index is 0.945. The molecule has 12 aromatic carbocycles. The van der Waals surface area contributed by atoms with Gasteiger partial charge in [-0.25, -0.2) is 0 Å². The van der Waals surface area contributed by atoms with E-state index in [0.29, 0.717) is 0 Å². The third-order valence-corrected chi connectivity index (χ3v) is 13.8. The van der Waals surface area contributed by atoms with Crippen LogP contribution in [0.25, 0.3) is 120 Å². The topological polar surface area (TPSA) is 29.5 Å². The average molecular weight is 854 g/mol. The van der Waals surface area contributed by atoms with E-state index in [2.05, 4.69) is 229 Å². The second kappa shape index (κ2) is 14.8. The fraction of sp³-hybridized carbons (Fsp3) is 0. The third kappa shape index (κ3) is 5.92. The molecular formula is C64H39NO2. The average Bonchev–Trinajstić information content (AvgIpc) is 3.97. The molecule has 312 valence electrons. The Bertz CT molecular complexity index is 4220. The Morgan fingerprint density at radius 1 is 0.254 bits per heavy atom. The van der Waals surface area contributed by atoms with Crippen molar-refractivity contribution in [2.45, 2.75) is 0 Å². The van der Waals surface area contributed by atoms with Crippen molar-refractivity contribution in [3.8, 4) is 33.4 Å². The van der Waals surface area contributed by atoms with Gasteiger partial charge in [0.05, 0.1) is 0 Å². The molecule has 0 fully saturated rings. The first kappa shape index (κ1) is 37.5. The third-order valence-electron chi connectivity index (χ3n) is 13.8. The number of anilines is 3. The van der Waals surface area contributed by atoms with Crippen LogP contribution in [0.5, 0.6) is 0 Å². The van der Waals surface area contributed by atoms with E-state index < -0.39 is 0 Å². The van der Waals surface area contributed by atoms with E-state index in [9.17, 15) is 0 Å². The van der Waals surface area contributed by atoms with Crippen LogP contribution in [0.3, 0.4) is 0 Å². The molecule has 67 heavy (non-hydrogen) atoms. The van der Waals surface area contributed by atoms with Crippen LogP contribution in [0.4, 0.5) is 17.1 Å². The zero-order chi connectivity index (χ0) is 44.0. The molecule has 0 saturated heterocycles. The first-order chi connectivity index (χ1) is 33.2. The van der Waals surface area contributed by atoms with E-state index in [-0.39, 0.29) is 0 Å². The number of nitrogens with zero attached hydrogens (tertiary/aromatic N) is 1. The van der Waals surface area contributed by atoms with Crippen LogP contribution >= 0.6 is 0 Å². The highest BCUT2D eigenvalue weighted by molar-refractivity contribution is 6.27. The van der Waals surface area contributed by atoms with Crippen molar-refractivity contribution < 1.29 is 8.83 Å². The van der Waals surface area contributed by atoms with Gasteiger partial charge in [-0.15, -0.1) is 0 Å². The van der Waals surface area contributed by atoms with Gasteiger partial charge in [0, 0.05) is 49.7 Å². The summed E-state index contributed by atoms with van der Waals surface area (Å²) in [6.45, 7) is 0. The molecule has 0 N–H and O–H groups in total. The number of furan rings is 2. The van der Waals surface area contributed by atoms with E-state index >= 15 is 0 Å². The summed E-state index contributed by atoms with van der Waals surface area (Å²) in [5, 5.41) is 14.3. The number of fused-ring (bicyclic) bond motifs is 13. The number of benzene rings is 12. The van der Waals surface area contributed by atoms with E-state index in [4.69, 9.17) is 8.83 Å². The molecule has 3 nitrogen and oxygen atoms in total. The molecule has 0 radical (unpaired) electrons. The summed E-state index contributed by atoms with van der Waals surface area (Å²) in [6, 6.07) is 85.1. The summed E-state index contributed by atoms with van der Waals surface area (Å²) in [5.74, 6) is 0. The monoisotopic (exact) mass is 853 g/mol. The van der Waals surface area contributed by atoms with Gasteiger partial charge >= 0.3 is 0 Å². The van der Waals surface area contributed by atoms with Crippen molar-refractivity contribution in [1.82, 2.24) is 0 Å². The summed E-state index contributed by atoms with van der Waals surface area (Å²) in [6.07, 6.45) is 0. The van der Waals surface area contributed by atoms with Crippen molar-refractivity contribution >= 4 is 104 Å². The fourth-order valence-electron chi connectivity index (χ4n) is 10.7. The van der Waals surface area contributed by atoms with Crippen LogP contribution in [-0.4, -0.2) is 0 Å². The quantitative estimate of drug-likeness (QED) is 0.156. The van der Waals surface area contributed by atoms with E-state index in [1.807, 2.05) is 12.1 Å². The van der Waals surface area contributed by atoms with Crippen LogP contribution in [0.15, 0.2) is 245 Å². The van der Waals surface area contributed by atoms with Gasteiger partial charge in [0.1, 0.15) is 22.3 Å². The minimum atomic E-state index is 0.848. The molecular weight excluding hydrogens is 815 g/mol. The van der Waals surface area contributed by atoms with Gasteiger partial charge in [-0.1, -0.05) is 176 Å². The Kier molecular flexibility index (Phi) is 8.28. The lowest BCUT2D eigenvalue weighted by molar-refractivity contribution is 0.670. The Morgan fingerprint density at radius 3 is 1.51 bits per heavy atom. The number of hydrogen-bond acceptors (Lipinski definition) is 3. The van der Waals surface area contributed by atoms with Gasteiger partial charge in [-0.3, -0.25) is 0 Å². The van der Waals surface area contributed by atoms with Crippen LogP contribution in [0.1, 0.15) is 0 Å². The van der Waals surface area contributed by atoms with Crippen molar-refractivity contribution in [3.05, 3.63) is 237 Å². The Hall–Kier alpha value is -8.92. The summed E-state index contributed by atoms with van der Waals surface area (Å²) in [7, 11) is 0. The van der Waals surface area contributed by atoms with Crippen LogP contribution in [-0.2, 0) is 0 Å². The SMILES string of the molecule is c1ccc(-c2ccc(N(c3ccc(-c4cccc5c4oc4ccccc45)cc3)c3ccc4oc5c(-c6ccc7c8ccccc8c8ccccc8c7c6)c6ccccc6cc5c4c3)cc2)cc1. The standard InChI is InChI=1S/C64H39NO2/c1-2-13-40(14-3-1)41-25-30-45(31-26-41)65(46-32-27-42(28-33-46)49-22-12-23-56-55-21-10-11-24-60(55)66-63(49)56)47-34-36-61-58(39-47)59-37-43-15-4-5-16-48(43)62(64(59)67-61)44-29-35-54-52-19-7-6-17-50(52)51-18-8-9-20-53(51)57(54)38-44/h1-39H. The molecule has 0 amide bonds. The molecule has 0 unspecified atom stereocenters. The first-order valence-electron chi connectivity index (χ1n) is 22.9. The van der Waals surface area contributed by atoms with Crippen LogP contribution in [0, 0.1) is 0 Å². The lowest BCUT2D eigenvalue weighted by Crippen LogP contribution is -2.09. The number of para-hydroxylation sites is 2. The van der Waals surface area contributed by atoms with Crippen molar-refractivity contribution in [3.63, 3.8) is 0 Å². The van der Waals surface area contributed by atoms with Crippen LogP contribution in [0.2, 0.25) is 0 Å². The highest BCUT2D eigenvalue weighted by Crippen LogP contribution is 2.46. The largest absolute Gasteiger partial charge is 0.455 e. The molecule has 14 rings (SSSR count). The summed E-state index contributed by atoms with van der Waals surface area (Å²) in [4.78, 5) is 2.35. The Morgan fingerprint density at radius 2 is 0.776 bits per heavy atom. The zero-order valence-corrected chi connectivity index (χ0v) is 36.3. The lowest BCUT2D eigenvalue weighted by Gasteiger charge is -2.26. The molecule has 2 aromatic heterocycles. The highest BCUT2D eigenvalue weighted by atomic mass is 16.3. The lowest BCUT2D eigenvalue weighted by atomic mass is 9.90. The molecule has 0 atom stereocenters. The minimum absolute atomic E-state index is 0.848. The van der Waals surface area contributed by atoms with Gasteiger partial charge in [0.2, 0.25) is 0 Å². The number of rotatable bonds is 6. The molecule has 0 spiro atoms. The number of hydrogen-bond donors (Lipinski definition) is 0. The maximum Gasteiger partial charge on any atom is 0.143 e. The first-order valence-corrected chi connectivity index (χ1v) is 22.9. The highest BCUT2D eigenvalue weighted by Gasteiger charge is 2.21. The zero-order valence-electron chi connectivity index (χ0n) is 36.3.